The molecule has 5 nitrogen and oxygen atoms in total. The number of carbonyl (C=O) groups is 2. The number of rotatable bonds is 4. The minimum atomic E-state index is -0.294. The molecule has 0 radical (unpaired) electrons. The Morgan fingerprint density at radius 2 is 2.00 bits per heavy atom. The van der Waals surface area contributed by atoms with E-state index in [-0.39, 0.29) is 5.91 Å². The molecule has 0 atom stereocenters. The van der Waals surface area contributed by atoms with Crippen molar-refractivity contribution in [2.24, 2.45) is 0 Å². The van der Waals surface area contributed by atoms with Crippen molar-refractivity contribution in [1.82, 2.24) is 4.98 Å². The molecule has 0 aliphatic rings. The van der Waals surface area contributed by atoms with Gasteiger partial charge in [-0.05, 0) is 30.3 Å². The molecule has 0 saturated heterocycles. The summed E-state index contributed by atoms with van der Waals surface area (Å²) in [6.45, 7) is 0. The van der Waals surface area contributed by atoms with Gasteiger partial charge < -0.3 is 10.1 Å². The molecule has 0 saturated carbocycles. The van der Waals surface area contributed by atoms with Crippen LogP contribution in [0.3, 0.4) is 0 Å². The van der Waals surface area contributed by atoms with Crippen LogP contribution >= 0.6 is 0 Å². The average Bonchev–Trinajstić information content (AvgIpc) is 2.48. The number of hydrogen-bond donors (Lipinski definition) is 1. The molecule has 1 N–H and O–H groups in total. The first kappa shape index (κ1) is 12.8. The fourth-order valence-electron chi connectivity index (χ4n) is 1.55. The van der Waals surface area contributed by atoms with Gasteiger partial charge in [0.25, 0.3) is 5.91 Å². The molecule has 0 bridgehead atoms. The van der Waals surface area contributed by atoms with Crippen LogP contribution in [0, 0.1) is 0 Å². The van der Waals surface area contributed by atoms with Crippen molar-refractivity contribution in [3.63, 3.8) is 0 Å². The van der Waals surface area contributed by atoms with E-state index in [9.17, 15) is 9.59 Å². The van der Waals surface area contributed by atoms with Crippen LogP contribution in [0.1, 0.15) is 20.7 Å². The van der Waals surface area contributed by atoms with Crippen molar-refractivity contribution in [3.05, 3.63) is 53.9 Å². The topological polar surface area (TPSA) is 68.3 Å². The zero-order chi connectivity index (χ0) is 13.7. The zero-order valence-corrected chi connectivity index (χ0v) is 10.3. The third-order valence-corrected chi connectivity index (χ3v) is 2.58. The number of hydrogen-bond acceptors (Lipinski definition) is 4. The van der Waals surface area contributed by atoms with E-state index < -0.39 is 0 Å². The molecule has 2 aromatic rings. The molecule has 1 heterocycles. The van der Waals surface area contributed by atoms with Crippen LogP contribution < -0.4 is 10.1 Å². The molecular formula is C14H12N2O3. The van der Waals surface area contributed by atoms with Gasteiger partial charge in [-0.3, -0.25) is 14.6 Å². The van der Waals surface area contributed by atoms with Gasteiger partial charge in [0.2, 0.25) is 0 Å². The molecule has 0 aliphatic carbocycles. The van der Waals surface area contributed by atoms with Gasteiger partial charge in [0, 0.05) is 18.0 Å². The highest BCUT2D eigenvalue weighted by molar-refractivity contribution is 6.06. The first-order valence-corrected chi connectivity index (χ1v) is 5.59. The Morgan fingerprint density at radius 3 is 2.63 bits per heavy atom. The van der Waals surface area contributed by atoms with Crippen molar-refractivity contribution in [2.45, 2.75) is 0 Å². The first-order chi connectivity index (χ1) is 9.24. The quantitative estimate of drug-likeness (QED) is 0.851. The van der Waals surface area contributed by atoms with Crippen LogP contribution in [0.25, 0.3) is 0 Å². The normalized spacial score (nSPS) is 9.74. The lowest BCUT2D eigenvalue weighted by Crippen LogP contribution is -2.13. The van der Waals surface area contributed by atoms with E-state index in [1.807, 2.05) is 0 Å². The second-order valence-electron chi connectivity index (χ2n) is 3.76. The van der Waals surface area contributed by atoms with Gasteiger partial charge >= 0.3 is 0 Å². The summed E-state index contributed by atoms with van der Waals surface area (Å²) in [5.41, 5.74) is 1.25. The number of methoxy groups -OCH3 is 1. The molecule has 1 amide bonds. The number of benzene rings is 1. The molecule has 1 aromatic heterocycles. The van der Waals surface area contributed by atoms with E-state index in [1.54, 1.807) is 37.4 Å². The molecule has 0 unspecified atom stereocenters. The minimum Gasteiger partial charge on any atom is -0.497 e. The van der Waals surface area contributed by atoms with Gasteiger partial charge in [-0.2, -0.15) is 0 Å². The highest BCUT2D eigenvalue weighted by atomic mass is 16.5. The standard InChI is InChI=1S/C14H12N2O3/c1-19-12-4-2-10(3-5-12)14(18)16-13-6-7-15-8-11(13)9-17/h2-9H,1H3,(H,15,16,18). The Labute approximate surface area is 110 Å². The van der Waals surface area contributed by atoms with Crippen LogP contribution in [0.5, 0.6) is 5.75 Å². The highest BCUT2D eigenvalue weighted by Gasteiger charge is 2.08. The predicted octanol–water partition coefficient (Wildman–Crippen LogP) is 2.16. The van der Waals surface area contributed by atoms with E-state index in [0.717, 1.165) is 0 Å². The number of pyridine rings is 1. The van der Waals surface area contributed by atoms with Crippen molar-refractivity contribution in [2.75, 3.05) is 12.4 Å². The lowest BCUT2D eigenvalue weighted by atomic mass is 10.2. The van der Waals surface area contributed by atoms with Crippen molar-refractivity contribution in [1.29, 1.82) is 0 Å². The number of aromatic nitrogens is 1. The summed E-state index contributed by atoms with van der Waals surface area (Å²) < 4.78 is 5.02. The van der Waals surface area contributed by atoms with Crippen molar-refractivity contribution < 1.29 is 14.3 Å². The van der Waals surface area contributed by atoms with Crippen LogP contribution in [0.4, 0.5) is 5.69 Å². The molecular weight excluding hydrogens is 244 g/mol. The van der Waals surface area contributed by atoms with Gasteiger partial charge in [-0.1, -0.05) is 0 Å². The van der Waals surface area contributed by atoms with Crippen molar-refractivity contribution in [3.8, 4) is 5.75 Å². The summed E-state index contributed by atoms with van der Waals surface area (Å²) in [5.74, 6) is 0.381. The summed E-state index contributed by atoms with van der Waals surface area (Å²) in [4.78, 5) is 26.6. The smallest absolute Gasteiger partial charge is 0.255 e. The van der Waals surface area contributed by atoms with E-state index >= 15 is 0 Å². The second kappa shape index (κ2) is 5.77. The zero-order valence-electron chi connectivity index (χ0n) is 10.3. The average molecular weight is 256 g/mol. The molecule has 19 heavy (non-hydrogen) atoms. The van der Waals surface area contributed by atoms with Crippen LogP contribution in [-0.2, 0) is 0 Å². The number of carbonyl (C=O) groups excluding carboxylic acids is 2. The Bertz CT molecular complexity index is 594. The Kier molecular flexibility index (Phi) is 3.87. The molecule has 0 spiro atoms. The Hall–Kier alpha value is -2.69. The number of anilines is 1. The third-order valence-electron chi connectivity index (χ3n) is 2.58. The molecule has 5 heteroatoms. The van der Waals surface area contributed by atoms with Gasteiger partial charge in [-0.15, -0.1) is 0 Å². The van der Waals surface area contributed by atoms with E-state index in [4.69, 9.17) is 4.74 Å². The van der Waals surface area contributed by atoms with E-state index in [2.05, 4.69) is 10.3 Å². The highest BCUT2D eigenvalue weighted by Crippen LogP contribution is 2.15. The Balaban J connectivity index is 2.18. The number of aldehydes is 1. The number of nitrogens with one attached hydrogen (secondary N) is 1. The Morgan fingerprint density at radius 1 is 1.26 bits per heavy atom. The van der Waals surface area contributed by atoms with Crippen LogP contribution in [0.2, 0.25) is 0 Å². The second-order valence-corrected chi connectivity index (χ2v) is 3.76. The lowest BCUT2D eigenvalue weighted by molar-refractivity contribution is 0.102. The molecule has 96 valence electrons. The van der Waals surface area contributed by atoms with Crippen LogP contribution in [-0.4, -0.2) is 24.3 Å². The predicted molar refractivity (Wildman–Crippen MR) is 70.6 cm³/mol. The van der Waals surface area contributed by atoms with Gasteiger partial charge in [0.1, 0.15) is 5.75 Å². The van der Waals surface area contributed by atoms with E-state index in [0.29, 0.717) is 28.8 Å². The molecule has 0 fully saturated rings. The fourth-order valence-corrected chi connectivity index (χ4v) is 1.55. The SMILES string of the molecule is COc1ccc(C(=O)Nc2ccncc2C=O)cc1. The summed E-state index contributed by atoms with van der Waals surface area (Å²) in [6.07, 6.45) is 3.56. The molecule has 2 rings (SSSR count). The summed E-state index contributed by atoms with van der Waals surface area (Å²) >= 11 is 0. The summed E-state index contributed by atoms with van der Waals surface area (Å²) in [5, 5.41) is 2.66. The maximum absolute atomic E-state index is 12.0. The van der Waals surface area contributed by atoms with Gasteiger partial charge in [-0.25, -0.2) is 0 Å². The molecule has 0 aliphatic heterocycles. The van der Waals surface area contributed by atoms with Crippen LogP contribution in [0.15, 0.2) is 42.7 Å². The first-order valence-electron chi connectivity index (χ1n) is 5.59. The largest absolute Gasteiger partial charge is 0.497 e. The number of amides is 1. The third kappa shape index (κ3) is 2.95. The fraction of sp³-hybridized carbons (Fsp3) is 0.0714. The maximum atomic E-state index is 12.0. The van der Waals surface area contributed by atoms with E-state index in [1.165, 1.54) is 12.4 Å². The summed E-state index contributed by atoms with van der Waals surface area (Å²) in [7, 11) is 1.56. The monoisotopic (exact) mass is 256 g/mol. The minimum absolute atomic E-state index is 0.294. The number of nitrogens with zero attached hydrogens (tertiary/aromatic N) is 1. The lowest BCUT2D eigenvalue weighted by Gasteiger charge is -2.07. The van der Waals surface area contributed by atoms with Gasteiger partial charge in [0.05, 0.1) is 18.4 Å². The van der Waals surface area contributed by atoms with Gasteiger partial charge in [0.15, 0.2) is 6.29 Å². The molecule has 1 aromatic carbocycles. The maximum Gasteiger partial charge on any atom is 0.255 e. The van der Waals surface area contributed by atoms with Crippen molar-refractivity contribution >= 4 is 17.9 Å². The summed E-state index contributed by atoms with van der Waals surface area (Å²) in [6, 6.07) is 8.27. The number of ether oxygens (including phenoxy) is 1.